The SMILES string of the molecule is C/C=C/COc1cc2ccccc2n(C)c1=O. The molecule has 0 spiro atoms. The van der Waals surface area contributed by atoms with Gasteiger partial charge >= 0.3 is 0 Å². The van der Waals surface area contributed by atoms with Crippen molar-refractivity contribution in [3.63, 3.8) is 0 Å². The second-order valence-electron chi connectivity index (χ2n) is 3.81. The normalized spacial score (nSPS) is 11.2. The number of hydrogen-bond donors (Lipinski definition) is 0. The fourth-order valence-electron chi connectivity index (χ4n) is 1.73. The van der Waals surface area contributed by atoms with E-state index in [4.69, 9.17) is 4.74 Å². The number of aryl methyl sites for hydroxylation is 1. The number of benzene rings is 1. The molecule has 0 aliphatic rings. The summed E-state index contributed by atoms with van der Waals surface area (Å²) in [6.45, 7) is 2.34. The van der Waals surface area contributed by atoms with Crippen LogP contribution < -0.4 is 10.3 Å². The van der Waals surface area contributed by atoms with Gasteiger partial charge in [-0.05, 0) is 19.1 Å². The van der Waals surface area contributed by atoms with Crippen molar-refractivity contribution in [3.8, 4) is 5.75 Å². The third-order valence-corrected chi connectivity index (χ3v) is 2.67. The van der Waals surface area contributed by atoms with Crippen molar-refractivity contribution in [2.75, 3.05) is 6.61 Å². The first kappa shape index (κ1) is 11.5. The van der Waals surface area contributed by atoms with E-state index in [-0.39, 0.29) is 5.56 Å². The Labute approximate surface area is 100.0 Å². The van der Waals surface area contributed by atoms with Gasteiger partial charge in [-0.3, -0.25) is 4.79 Å². The number of fused-ring (bicyclic) bond motifs is 1. The van der Waals surface area contributed by atoms with E-state index in [1.807, 2.05) is 43.3 Å². The predicted octanol–water partition coefficient (Wildman–Crippen LogP) is 2.49. The van der Waals surface area contributed by atoms with Gasteiger partial charge in [0.05, 0.1) is 5.52 Å². The number of nitrogens with zero attached hydrogens (tertiary/aromatic N) is 1. The fraction of sp³-hybridized carbons (Fsp3) is 0.214. The summed E-state index contributed by atoms with van der Waals surface area (Å²) in [4.78, 5) is 12.0. The van der Waals surface area contributed by atoms with Crippen LogP contribution in [0.1, 0.15) is 6.92 Å². The van der Waals surface area contributed by atoms with Crippen LogP contribution in [-0.2, 0) is 7.05 Å². The summed E-state index contributed by atoms with van der Waals surface area (Å²) in [5, 5.41) is 1.00. The molecule has 0 fully saturated rings. The van der Waals surface area contributed by atoms with Gasteiger partial charge in [0.1, 0.15) is 6.61 Å². The molecule has 17 heavy (non-hydrogen) atoms. The van der Waals surface area contributed by atoms with Crippen LogP contribution in [0.2, 0.25) is 0 Å². The van der Waals surface area contributed by atoms with Crippen LogP contribution in [0.3, 0.4) is 0 Å². The van der Waals surface area contributed by atoms with E-state index in [0.717, 1.165) is 10.9 Å². The molecule has 0 unspecified atom stereocenters. The van der Waals surface area contributed by atoms with Crippen molar-refractivity contribution in [2.24, 2.45) is 7.05 Å². The molecule has 1 aromatic carbocycles. The number of hydrogen-bond acceptors (Lipinski definition) is 2. The number of allylic oxidation sites excluding steroid dienone is 1. The van der Waals surface area contributed by atoms with Gasteiger partial charge in [-0.2, -0.15) is 0 Å². The lowest BCUT2D eigenvalue weighted by molar-refractivity contribution is 0.356. The Morgan fingerprint density at radius 2 is 2.12 bits per heavy atom. The highest BCUT2D eigenvalue weighted by Gasteiger charge is 2.06. The summed E-state index contributed by atoms with van der Waals surface area (Å²) in [7, 11) is 1.76. The maximum atomic E-state index is 12.0. The molecule has 2 aromatic rings. The van der Waals surface area contributed by atoms with E-state index < -0.39 is 0 Å². The van der Waals surface area contributed by atoms with Crippen LogP contribution in [0.5, 0.6) is 5.75 Å². The van der Waals surface area contributed by atoms with Gasteiger partial charge in [0.25, 0.3) is 5.56 Å². The molecule has 0 bridgehead atoms. The number of rotatable bonds is 3. The number of para-hydroxylation sites is 1. The lowest BCUT2D eigenvalue weighted by atomic mass is 10.2. The van der Waals surface area contributed by atoms with Gasteiger partial charge in [-0.1, -0.05) is 30.4 Å². The Hall–Kier alpha value is -2.03. The van der Waals surface area contributed by atoms with E-state index in [1.165, 1.54) is 0 Å². The topological polar surface area (TPSA) is 31.2 Å². The van der Waals surface area contributed by atoms with E-state index in [0.29, 0.717) is 12.4 Å². The monoisotopic (exact) mass is 229 g/mol. The van der Waals surface area contributed by atoms with E-state index >= 15 is 0 Å². The van der Waals surface area contributed by atoms with Crippen LogP contribution in [0, 0.1) is 0 Å². The predicted molar refractivity (Wildman–Crippen MR) is 69.5 cm³/mol. The average Bonchev–Trinajstić information content (AvgIpc) is 2.35. The Bertz CT molecular complexity index is 611. The molecule has 1 heterocycles. The van der Waals surface area contributed by atoms with Crippen molar-refractivity contribution < 1.29 is 4.74 Å². The van der Waals surface area contributed by atoms with E-state index in [9.17, 15) is 4.79 Å². The van der Waals surface area contributed by atoms with Crippen LogP contribution in [0.25, 0.3) is 10.9 Å². The summed E-state index contributed by atoms with van der Waals surface area (Å²) < 4.78 is 7.06. The minimum atomic E-state index is -0.104. The van der Waals surface area contributed by atoms with Crippen molar-refractivity contribution in [2.45, 2.75) is 6.92 Å². The zero-order valence-electron chi connectivity index (χ0n) is 10.0. The van der Waals surface area contributed by atoms with Crippen molar-refractivity contribution >= 4 is 10.9 Å². The number of ether oxygens (including phenoxy) is 1. The molecule has 0 N–H and O–H groups in total. The van der Waals surface area contributed by atoms with Gasteiger partial charge in [0.2, 0.25) is 0 Å². The van der Waals surface area contributed by atoms with E-state index in [1.54, 1.807) is 17.7 Å². The summed E-state index contributed by atoms with van der Waals surface area (Å²) in [6.07, 6.45) is 3.76. The first-order valence-corrected chi connectivity index (χ1v) is 5.56. The Morgan fingerprint density at radius 1 is 1.35 bits per heavy atom. The lowest BCUT2D eigenvalue weighted by Crippen LogP contribution is -2.19. The first-order valence-electron chi connectivity index (χ1n) is 5.56. The molecule has 0 amide bonds. The largest absolute Gasteiger partial charge is 0.484 e. The molecule has 0 atom stereocenters. The van der Waals surface area contributed by atoms with Gasteiger partial charge in [0.15, 0.2) is 5.75 Å². The van der Waals surface area contributed by atoms with Crippen molar-refractivity contribution in [1.82, 2.24) is 4.57 Å². The Balaban J connectivity index is 2.50. The molecular weight excluding hydrogens is 214 g/mol. The molecule has 0 saturated carbocycles. The highest BCUT2D eigenvalue weighted by atomic mass is 16.5. The summed E-state index contributed by atoms with van der Waals surface area (Å²) in [5.41, 5.74) is 0.809. The molecule has 2 rings (SSSR count). The fourth-order valence-corrected chi connectivity index (χ4v) is 1.73. The third kappa shape index (κ3) is 2.23. The molecule has 3 nitrogen and oxygen atoms in total. The van der Waals surface area contributed by atoms with E-state index in [2.05, 4.69) is 0 Å². The summed E-state index contributed by atoms with van der Waals surface area (Å²) in [5.74, 6) is 0.393. The molecule has 0 radical (unpaired) electrons. The molecule has 3 heteroatoms. The smallest absolute Gasteiger partial charge is 0.293 e. The molecule has 0 aliphatic heterocycles. The first-order chi connectivity index (χ1) is 8.24. The highest BCUT2D eigenvalue weighted by molar-refractivity contribution is 5.80. The van der Waals surface area contributed by atoms with Gasteiger partial charge < -0.3 is 9.30 Å². The minimum Gasteiger partial charge on any atom is -0.484 e. The molecule has 0 aliphatic carbocycles. The van der Waals surface area contributed by atoms with Crippen LogP contribution in [-0.4, -0.2) is 11.2 Å². The molecule has 1 aromatic heterocycles. The average molecular weight is 229 g/mol. The standard InChI is InChI=1S/C14H15NO2/c1-3-4-9-17-13-10-11-7-5-6-8-12(11)15(2)14(13)16/h3-8,10H,9H2,1-2H3/b4-3+. The van der Waals surface area contributed by atoms with Crippen molar-refractivity contribution in [3.05, 3.63) is 52.8 Å². The second kappa shape index (κ2) is 4.87. The highest BCUT2D eigenvalue weighted by Crippen LogP contribution is 2.15. The zero-order valence-corrected chi connectivity index (χ0v) is 10.0. The van der Waals surface area contributed by atoms with Gasteiger partial charge in [-0.15, -0.1) is 0 Å². The quantitative estimate of drug-likeness (QED) is 0.757. The maximum Gasteiger partial charge on any atom is 0.293 e. The van der Waals surface area contributed by atoms with Gasteiger partial charge in [0, 0.05) is 12.4 Å². The van der Waals surface area contributed by atoms with Crippen LogP contribution in [0.4, 0.5) is 0 Å². The van der Waals surface area contributed by atoms with Gasteiger partial charge in [-0.25, -0.2) is 0 Å². The number of pyridine rings is 1. The Morgan fingerprint density at radius 3 is 2.88 bits per heavy atom. The molecule has 88 valence electrons. The lowest BCUT2D eigenvalue weighted by Gasteiger charge is -2.08. The van der Waals surface area contributed by atoms with Crippen molar-refractivity contribution in [1.29, 1.82) is 0 Å². The molecule has 0 saturated heterocycles. The van der Waals surface area contributed by atoms with Crippen LogP contribution >= 0.6 is 0 Å². The zero-order chi connectivity index (χ0) is 12.3. The summed E-state index contributed by atoms with van der Waals surface area (Å²) >= 11 is 0. The Kier molecular flexibility index (Phi) is 3.28. The second-order valence-corrected chi connectivity index (χ2v) is 3.81. The third-order valence-electron chi connectivity index (χ3n) is 2.67. The van der Waals surface area contributed by atoms with Crippen LogP contribution in [0.15, 0.2) is 47.3 Å². The summed E-state index contributed by atoms with van der Waals surface area (Å²) in [6, 6.07) is 9.55. The molecular formula is C14H15NO2. The maximum absolute atomic E-state index is 12.0. The minimum absolute atomic E-state index is 0.104. The number of aromatic nitrogens is 1.